The molecule has 2 saturated heterocycles. The fourth-order valence-corrected chi connectivity index (χ4v) is 1.74. The molecule has 4 N–H and O–H groups in total. The average molecular weight is 230 g/mol. The highest BCUT2D eigenvalue weighted by Gasteiger charge is 2.08. The number of nitrogens with zero attached hydrogens (tertiary/aromatic N) is 1. The Labute approximate surface area is 98.7 Å². The van der Waals surface area contributed by atoms with Gasteiger partial charge in [0, 0.05) is 39.3 Å². The topological polar surface area (TPSA) is 62.5 Å². The first-order valence-corrected chi connectivity index (χ1v) is 6.35. The zero-order chi connectivity index (χ0) is 11.5. The van der Waals surface area contributed by atoms with E-state index in [1.54, 1.807) is 0 Å². The molecule has 0 aromatic carbocycles. The number of rotatable bonds is 3. The highest BCUT2D eigenvalue weighted by Crippen LogP contribution is 1.96. The average Bonchev–Trinajstić information content (AvgIpc) is 2.40. The van der Waals surface area contributed by atoms with Gasteiger partial charge in [-0.15, -0.1) is 0 Å². The predicted molar refractivity (Wildman–Crippen MR) is 66.7 cm³/mol. The van der Waals surface area contributed by atoms with E-state index in [0.717, 1.165) is 72.0 Å². The van der Waals surface area contributed by atoms with Crippen LogP contribution < -0.4 is 16.4 Å². The third-order valence-electron chi connectivity index (χ3n) is 2.74. The van der Waals surface area contributed by atoms with E-state index < -0.39 is 0 Å². The number of nitrogens with one attached hydrogen (secondary N) is 2. The number of hydrogen-bond acceptors (Lipinski definition) is 5. The van der Waals surface area contributed by atoms with Crippen molar-refractivity contribution < 1.29 is 4.74 Å². The quantitative estimate of drug-likeness (QED) is 0.571. The van der Waals surface area contributed by atoms with Crippen LogP contribution in [-0.2, 0) is 4.74 Å². The fraction of sp³-hybridized carbons (Fsp3) is 1.00. The highest BCUT2D eigenvalue weighted by atomic mass is 16.5. The third kappa shape index (κ3) is 7.14. The Morgan fingerprint density at radius 2 is 1.56 bits per heavy atom. The van der Waals surface area contributed by atoms with E-state index in [1.165, 1.54) is 0 Å². The zero-order valence-corrected chi connectivity index (χ0v) is 10.2. The predicted octanol–water partition coefficient (Wildman–Crippen LogP) is -1.15. The number of piperazine rings is 1. The maximum atomic E-state index is 5.39. The van der Waals surface area contributed by atoms with Gasteiger partial charge in [0.15, 0.2) is 0 Å². The second-order valence-corrected chi connectivity index (χ2v) is 4.10. The smallest absolute Gasteiger partial charge is 0.0594 e. The molecule has 2 rings (SSSR count). The van der Waals surface area contributed by atoms with E-state index in [2.05, 4.69) is 15.5 Å². The molecule has 0 aromatic heterocycles. The van der Waals surface area contributed by atoms with Gasteiger partial charge in [-0.3, -0.25) is 4.90 Å². The molecule has 0 aromatic rings. The van der Waals surface area contributed by atoms with Crippen molar-refractivity contribution in [2.24, 2.45) is 5.73 Å². The van der Waals surface area contributed by atoms with E-state index in [-0.39, 0.29) is 0 Å². The molecule has 5 heteroatoms. The van der Waals surface area contributed by atoms with Crippen molar-refractivity contribution in [3.05, 3.63) is 0 Å². The summed E-state index contributed by atoms with van der Waals surface area (Å²) in [6.45, 7) is 10.5. The van der Waals surface area contributed by atoms with Crippen molar-refractivity contribution in [2.45, 2.75) is 6.42 Å². The van der Waals surface area contributed by atoms with Crippen LogP contribution >= 0.6 is 0 Å². The van der Waals surface area contributed by atoms with Gasteiger partial charge in [0.1, 0.15) is 0 Å². The van der Waals surface area contributed by atoms with Crippen LogP contribution in [0.15, 0.2) is 0 Å². The number of hydrogen-bond donors (Lipinski definition) is 3. The van der Waals surface area contributed by atoms with Crippen LogP contribution in [0.3, 0.4) is 0 Å². The molecule has 2 aliphatic heterocycles. The minimum absolute atomic E-state index is 0.803. The molecule has 0 spiro atoms. The molecule has 16 heavy (non-hydrogen) atoms. The van der Waals surface area contributed by atoms with Gasteiger partial charge < -0.3 is 21.1 Å². The summed E-state index contributed by atoms with van der Waals surface area (Å²) in [5, 5.41) is 6.44. The van der Waals surface area contributed by atoms with Gasteiger partial charge in [0.25, 0.3) is 0 Å². The van der Waals surface area contributed by atoms with Crippen molar-refractivity contribution in [3.63, 3.8) is 0 Å². The molecular formula is C11H26N4O. The SMILES string of the molecule is C1CNCCN1.NCCCN1CCOCC1. The summed E-state index contributed by atoms with van der Waals surface area (Å²) >= 11 is 0. The van der Waals surface area contributed by atoms with Crippen LogP contribution in [0, 0.1) is 0 Å². The molecule has 96 valence electrons. The van der Waals surface area contributed by atoms with Gasteiger partial charge in [0.2, 0.25) is 0 Å². The van der Waals surface area contributed by atoms with E-state index in [1.807, 2.05) is 0 Å². The Bertz CT molecular complexity index is 135. The van der Waals surface area contributed by atoms with Gasteiger partial charge in [-0.1, -0.05) is 0 Å². The lowest BCUT2D eigenvalue weighted by Crippen LogP contribution is -2.39. The minimum atomic E-state index is 0.803. The van der Waals surface area contributed by atoms with Crippen LogP contribution in [0.1, 0.15) is 6.42 Å². The van der Waals surface area contributed by atoms with E-state index in [9.17, 15) is 0 Å². The summed E-state index contributed by atoms with van der Waals surface area (Å²) in [6, 6.07) is 0. The van der Waals surface area contributed by atoms with E-state index in [4.69, 9.17) is 10.5 Å². The molecule has 0 saturated carbocycles. The molecule has 0 amide bonds. The fourth-order valence-electron chi connectivity index (χ4n) is 1.74. The van der Waals surface area contributed by atoms with Crippen LogP contribution in [0.2, 0.25) is 0 Å². The summed E-state index contributed by atoms with van der Waals surface area (Å²) in [7, 11) is 0. The lowest BCUT2D eigenvalue weighted by Gasteiger charge is -2.26. The molecule has 0 bridgehead atoms. The molecule has 2 fully saturated rings. The van der Waals surface area contributed by atoms with Crippen molar-refractivity contribution in [1.29, 1.82) is 0 Å². The van der Waals surface area contributed by atoms with Gasteiger partial charge in [-0.2, -0.15) is 0 Å². The van der Waals surface area contributed by atoms with Gasteiger partial charge in [0.05, 0.1) is 13.2 Å². The first kappa shape index (κ1) is 13.9. The molecule has 2 heterocycles. The van der Waals surface area contributed by atoms with Crippen molar-refractivity contribution >= 4 is 0 Å². The number of morpholine rings is 1. The molecule has 0 atom stereocenters. The lowest BCUT2D eigenvalue weighted by atomic mass is 10.3. The molecular weight excluding hydrogens is 204 g/mol. The summed E-state index contributed by atoms with van der Waals surface area (Å²) in [6.07, 6.45) is 1.11. The maximum absolute atomic E-state index is 5.39. The molecule has 5 nitrogen and oxygen atoms in total. The first-order chi connectivity index (χ1) is 7.93. The molecule has 0 radical (unpaired) electrons. The standard InChI is InChI=1S/C7H16N2O.C4H10N2/c8-2-1-3-9-4-6-10-7-5-9;1-2-6-4-3-5-1/h1-8H2;5-6H,1-4H2. The van der Waals surface area contributed by atoms with Crippen LogP contribution in [0.25, 0.3) is 0 Å². The highest BCUT2D eigenvalue weighted by molar-refractivity contribution is 4.61. The van der Waals surface area contributed by atoms with Gasteiger partial charge >= 0.3 is 0 Å². The maximum Gasteiger partial charge on any atom is 0.0594 e. The first-order valence-electron chi connectivity index (χ1n) is 6.35. The van der Waals surface area contributed by atoms with Crippen molar-refractivity contribution in [3.8, 4) is 0 Å². The second-order valence-electron chi connectivity index (χ2n) is 4.10. The lowest BCUT2D eigenvalue weighted by molar-refractivity contribution is 0.0377. The van der Waals surface area contributed by atoms with Crippen LogP contribution in [-0.4, -0.2) is 70.5 Å². The number of nitrogens with two attached hydrogens (primary N) is 1. The summed E-state index contributed by atoms with van der Waals surface area (Å²) in [4.78, 5) is 2.40. The number of ether oxygens (including phenoxy) is 1. The monoisotopic (exact) mass is 230 g/mol. The Kier molecular flexibility index (Phi) is 8.65. The minimum Gasteiger partial charge on any atom is -0.379 e. The van der Waals surface area contributed by atoms with Gasteiger partial charge in [-0.25, -0.2) is 0 Å². The molecule has 0 unspecified atom stereocenters. The summed E-state index contributed by atoms with van der Waals surface area (Å²) in [5.41, 5.74) is 5.39. The van der Waals surface area contributed by atoms with Gasteiger partial charge in [-0.05, 0) is 19.5 Å². The summed E-state index contributed by atoms with van der Waals surface area (Å²) < 4.78 is 5.21. The normalized spacial score (nSPS) is 22.3. The Balaban J connectivity index is 0.000000181. The van der Waals surface area contributed by atoms with Crippen LogP contribution in [0.5, 0.6) is 0 Å². The van der Waals surface area contributed by atoms with Crippen molar-refractivity contribution in [2.75, 3.05) is 65.6 Å². The Morgan fingerprint density at radius 3 is 2.00 bits per heavy atom. The van der Waals surface area contributed by atoms with Crippen molar-refractivity contribution in [1.82, 2.24) is 15.5 Å². The third-order valence-corrected chi connectivity index (χ3v) is 2.74. The zero-order valence-electron chi connectivity index (χ0n) is 10.2. The Hall–Kier alpha value is -0.200. The summed E-state index contributed by atoms with van der Waals surface area (Å²) in [5.74, 6) is 0. The second kappa shape index (κ2) is 9.99. The largest absolute Gasteiger partial charge is 0.379 e. The van der Waals surface area contributed by atoms with Crippen LogP contribution in [0.4, 0.5) is 0 Å². The Morgan fingerprint density at radius 1 is 1.00 bits per heavy atom. The molecule has 0 aliphatic carbocycles. The van der Waals surface area contributed by atoms with E-state index in [0.29, 0.717) is 0 Å². The molecule has 2 aliphatic rings. The van der Waals surface area contributed by atoms with E-state index >= 15 is 0 Å².